The van der Waals surface area contributed by atoms with Crippen molar-refractivity contribution in [2.45, 2.75) is 289 Å². The monoisotopic (exact) mass is 816 g/mol. The van der Waals surface area contributed by atoms with Gasteiger partial charge in [-0.2, -0.15) is 0 Å². The molecule has 4 N–H and O–H groups in total. The lowest BCUT2D eigenvalue weighted by molar-refractivity contribution is -0.124. The molecular formula is C53H101NO4. The van der Waals surface area contributed by atoms with Gasteiger partial charge < -0.3 is 20.6 Å². The highest BCUT2D eigenvalue weighted by Gasteiger charge is 2.26. The Morgan fingerprint density at radius 2 is 0.741 bits per heavy atom. The van der Waals surface area contributed by atoms with Gasteiger partial charge in [0, 0.05) is 6.42 Å². The van der Waals surface area contributed by atoms with Crippen LogP contribution in [-0.2, 0) is 4.79 Å². The number of carbonyl (C=O) groups is 1. The molecule has 3 unspecified atom stereocenters. The van der Waals surface area contributed by atoms with Crippen molar-refractivity contribution in [2.24, 2.45) is 0 Å². The molecule has 0 saturated carbocycles. The second-order valence-corrected chi connectivity index (χ2v) is 17.7. The van der Waals surface area contributed by atoms with Crippen LogP contribution < -0.4 is 5.32 Å². The maximum atomic E-state index is 12.5. The third-order valence-electron chi connectivity index (χ3n) is 12.0. The fourth-order valence-corrected chi connectivity index (χ4v) is 7.96. The van der Waals surface area contributed by atoms with Gasteiger partial charge in [-0.1, -0.05) is 230 Å². The number of unbranched alkanes of at least 4 members (excludes halogenated alkanes) is 33. The SMILES string of the molecule is CCCCCCCCCCC/C=C\C/C=C\CCCCCCCCCCCC(=O)NC(CO)C(O)C(O)CCC/C=C/CCCCCCCCCCCCCCCC. The molecule has 5 heteroatoms. The Balaban J connectivity index is 3.62. The molecule has 342 valence electrons. The first-order chi connectivity index (χ1) is 28.6. The molecule has 1 amide bonds. The van der Waals surface area contributed by atoms with Gasteiger partial charge in [-0.25, -0.2) is 0 Å². The minimum Gasteiger partial charge on any atom is -0.394 e. The summed E-state index contributed by atoms with van der Waals surface area (Å²) in [6, 6.07) is -0.829. The standard InChI is InChI=1S/C53H101NO4/c1-3-5-7-9-11-13-15-17-19-21-23-24-25-26-27-28-30-32-34-36-38-40-42-44-46-48-52(57)54-50(49-55)53(58)51(56)47-45-43-41-39-37-35-33-31-29-22-20-18-16-14-12-10-8-6-4-2/h23-24,26-27,39,41,50-51,53,55-56,58H,3-22,25,28-38,40,42-49H2,1-2H3,(H,54,57)/b24-23-,27-26-,41-39+. The second kappa shape index (κ2) is 48.2. The summed E-state index contributed by atoms with van der Waals surface area (Å²) in [5, 5.41) is 33.7. The van der Waals surface area contributed by atoms with E-state index in [1.165, 1.54) is 199 Å². The molecule has 0 aliphatic heterocycles. The number of aliphatic hydroxyl groups excluding tert-OH is 3. The zero-order valence-corrected chi connectivity index (χ0v) is 38.9. The van der Waals surface area contributed by atoms with Gasteiger partial charge in [-0.15, -0.1) is 0 Å². The molecule has 0 radical (unpaired) electrons. The lowest BCUT2D eigenvalue weighted by Crippen LogP contribution is -2.50. The predicted octanol–water partition coefficient (Wildman–Crippen LogP) is 15.5. The van der Waals surface area contributed by atoms with E-state index >= 15 is 0 Å². The Hall–Kier alpha value is -1.43. The van der Waals surface area contributed by atoms with E-state index in [4.69, 9.17) is 0 Å². The molecule has 0 aromatic heterocycles. The van der Waals surface area contributed by atoms with Crippen molar-refractivity contribution in [3.63, 3.8) is 0 Å². The number of carbonyl (C=O) groups excluding carboxylic acids is 1. The Kier molecular flexibility index (Phi) is 47.0. The fourth-order valence-electron chi connectivity index (χ4n) is 7.96. The van der Waals surface area contributed by atoms with Crippen LogP contribution in [-0.4, -0.2) is 46.1 Å². The number of aliphatic hydroxyl groups is 3. The number of rotatable bonds is 47. The molecule has 58 heavy (non-hydrogen) atoms. The Morgan fingerprint density at radius 1 is 0.431 bits per heavy atom. The van der Waals surface area contributed by atoms with Crippen molar-refractivity contribution in [3.8, 4) is 0 Å². The third kappa shape index (κ3) is 42.7. The van der Waals surface area contributed by atoms with Crippen molar-refractivity contribution in [3.05, 3.63) is 36.5 Å². The topological polar surface area (TPSA) is 89.8 Å². The van der Waals surface area contributed by atoms with Gasteiger partial charge in [0.05, 0.1) is 18.8 Å². The summed E-state index contributed by atoms with van der Waals surface area (Å²) in [5.74, 6) is -0.157. The van der Waals surface area contributed by atoms with Crippen LogP contribution in [0.2, 0.25) is 0 Å². The number of nitrogens with one attached hydrogen (secondary N) is 1. The van der Waals surface area contributed by atoms with E-state index in [-0.39, 0.29) is 12.5 Å². The normalized spacial score (nSPS) is 13.7. The predicted molar refractivity (Wildman–Crippen MR) is 254 cm³/mol. The van der Waals surface area contributed by atoms with Crippen LogP contribution >= 0.6 is 0 Å². The van der Waals surface area contributed by atoms with Crippen molar-refractivity contribution >= 4 is 5.91 Å². The van der Waals surface area contributed by atoms with Gasteiger partial charge in [0.1, 0.15) is 6.10 Å². The molecule has 0 heterocycles. The number of hydrogen-bond acceptors (Lipinski definition) is 4. The molecular weight excluding hydrogens is 715 g/mol. The van der Waals surface area contributed by atoms with Gasteiger partial charge in [-0.3, -0.25) is 4.79 Å². The Bertz CT molecular complexity index is 901. The second-order valence-electron chi connectivity index (χ2n) is 17.7. The van der Waals surface area contributed by atoms with Crippen LogP contribution in [0.5, 0.6) is 0 Å². The summed E-state index contributed by atoms with van der Waals surface area (Å²) in [6.07, 6.45) is 61.3. The van der Waals surface area contributed by atoms with Crippen molar-refractivity contribution in [1.82, 2.24) is 5.32 Å². The van der Waals surface area contributed by atoms with E-state index in [9.17, 15) is 20.1 Å². The van der Waals surface area contributed by atoms with Gasteiger partial charge in [0.15, 0.2) is 0 Å². The fraction of sp³-hybridized carbons (Fsp3) is 0.868. The van der Waals surface area contributed by atoms with Gasteiger partial charge in [0.2, 0.25) is 5.91 Å². The lowest BCUT2D eigenvalue weighted by Gasteiger charge is -2.26. The first-order valence-electron chi connectivity index (χ1n) is 25.8. The quantitative estimate of drug-likeness (QED) is 0.0364. The summed E-state index contributed by atoms with van der Waals surface area (Å²) in [6.45, 7) is 4.19. The van der Waals surface area contributed by atoms with Crippen LogP contribution in [0.25, 0.3) is 0 Å². The summed E-state index contributed by atoms with van der Waals surface area (Å²) in [4.78, 5) is 12.5. The molecule has 0 aliphatic carbocycles. The molecule has 0 rings (SSSR count). The average molecular weight is 816 g/mol. The molecule has 0 saturated heterocycles. The van der Waals surface area contributed by atoms with Crippen LogP contribution in [0, 0.1) is 0 Å². The highest BCUT2D eigenvalue weighted by molar-refractivity contribution is 5.76. The zero-order chi connectivity index (χ0) is 42.3. The molecule has 5 nitrogen and oxygen atoms in total. The molecule has 0 fully saturated rings. The number of hydrogen-bond donors (Lipinski definition) is 4. The maximum Gasteiger partial charge on any atom is 0.220 e. The van der Waals surface area contributed by atoms with Crippen molar-refractivity contribution < 1.29 is 20.1 Å². The summed E-state index contributed by atoms with van der Waals surface area (Å²) >= 11 is 0. The summed E-state index contributed by atoms with van der Waals surface area (Å²) in [5.41, 5.74) is 0. The Labute approximate surface area is 362 Å². The first-order valence-corrected chi connectivity index (χ1v) is 25.8. The van der Waals surface area contributed by atoms with E-state index in [1.807, 2.05) is 0 Å². The lowest BCUT2D eigenvalue weighted by atomic mass is 10.0. The van der Waals surface area contributed by atoms with Gasteiger partial charge in [-0.05, 0) is 70.6 Å². The van der Waals surface area contributed by atoms with E-state index in [2.05, 4.69) is 55.6 Å². The van der Waals surface area contributed by atoms with Crippen LogP contribution in [0.4, 0.5) is 0 Å². The van der Waals surface area contributed by atoms with Crippen LogP contribution in [0.3, 0.4) is 0 Å². The molecule has 0 bridgehead atoms. The van der Waals surface area contributed by atoms with Crippen LogP contribution in [0.15, 0.2) is 36.5 Å². The largest absolute Gasteiger partial charge is 0.394 e. The molecule has 0 aromatic carbocycles. The van der Waals surface area contributed by atoms with E-state index in [0.717, 1.165) is 44.9 Å². The van der Waals surface area contributed by atoms with E-state index < -0.39 is 18.2 Å². The van der Waals surface area contributed by atoms with Crippen molar-refractivity contribution in [2.75, 3.05) is 6.61 Å². The smallest absolute Gasteiger partial charge is 0.220 e. The van der Waals surface area contributed by atoms with Crippen LogP contribution in [0.1, 0.15) is 271 Å². The highest BCUT2D eigenvalue weighted by Crippen LogP contribution is 2.16. The zero-order valence-electron chi connectivity index (χ0n) is 38.9. The molecule has 0 aromatic rings. The minimum absolute atomic E-state index is 0.157. The first kappa shape index (κ1) is 56.6. The van der Waals surface area contributed by atoms with E-state index in [0.29, 0.717) is 12.8 Å². The van der Waals surface area contributed by atoms with Crippen molar-refractivity contribution in [1.29, 1.82) is 0 Å². The Morgan fingerprint density at radius 3 is 1.10 bits per heavy atom. The summed E-state index contributed by atoms with van der Waals surface area (Å²) in [7, 11) is 0. The van der Waals surface area contributed by atoms with Gasteiger partial charge >= 0.3 is 0 Å². The van der Waals surface area contributed by atoms with E-state index in [1.54, 1.807) is 0 Å². The maximum absolute atomic E-state index is 12.5. The number of allylic oxidation sites excluding steroid dienone is 6. The number of amides is 1. The average Bonchev–Trinajstić information content (AvgIpc) is 3.23. The summed E-state index contributed by atoms with van der Waals surface area (Å²) < 4.78 is 0. The molecule has 3 atom stereocenters. The minimum atomic E-state index is -1.16. The molecule has 0 aliphatic rings. The molecule has 0 spiro atoms. The highest BCUT2D eigenvalue weighted by atomic mass is 16.3. The van der Waals surface area contributed by atoms with Gasteiger partial charge in [0.25, 0.3) is 0 Å². The third-order valence-corrected chi connectivity index (χ3v) is 12.0.